The fraction of sp³-hybridized carbons (Fsp3) is 1.00. The standard InChI is InChI=1S/C4H11GeN/c1-4-5-6(2)3/h4H2,1-3H3. The molecule has 0 aliphatic carbocycles. The van der Waals surface area contributed by atoms with Crippen molar-refractivity contribution in [2.45, 2.75) is 12.2 Å². The van der Waals surface area contributed by atoms with Gasteiger partial charge in [-0.15, -0.1) is 0 Å². The Balaban J connectivity index is 2.63. The molecule has 0 saturated heterocycles. The third-order valence-corrected chi connectivity index (χ3v) is 2.46. The van der Waals surface area contributed by atoms with E-state index in [1.165, 1.54) is 5.25 Å². The van der Waals surface area contributed by atoms with E-state index in [1.54, 1.807) is 0 Å². The molecule has 0 aromatic heterocycles. The molecule has 0 spiro atoms. The summed E-state index contributed by atoms with van der Waals surface area (Å²) in [6.07, 6.45) is 0. The topological polar surface area (TPSA) is 3.24 Å². The summed E-state index contributed by atoms with van der Waals surface area (Å²) in [6, 6.07) is 0. The molecule has 0 atom stereocenters. The van der Waals surface area contributed by atoms with Gasteiger partial charge in [-0.25, -0.2) is 0 Å². The maximum absolute atomic E-state index is 2.31. The molecule has 0 aliphatic heterocycles. The van der Waals surface area contributed by atoms with Crippen molar-refractivity contribution in [3.63, 3.8) is 0 Å². The number of rotatable bonds is 2. The summed E-state index contributed by atoms with van der Waals surface area (Å²) in [5.74, 6) is 0. The second-order valence-corrected chi connectivity index (χ2v) is 5.43. The molecule has 0 aliphatic rings. The molecule has 0 N–H and O–H groups in total. The Morgan fingerprint density at radius 1 is 1.50 bits per heavy atom. The van der Waals surface area contributed by atoms with E-state index in [2.05, 4.69) is 24.9 Å². The van der Waals surface area contributed by atoms with E-state index in [4.69, 9.17) is 0 Å². The molecule has 2 radical (unpaired) electrons. The summed E-state index contributed by atoms with van der Waals surface area (Å²) in [5, 5.41) is 1.38. The molecule has 0 saturated carbocycles. The zero-order chi connectivity index (χ0) is 4.99. The molecular weight excluding hydrogens is 135 g/mol. The van der Waals surface area contributed by atoms with Crippen LogP contribution in [0.3, 0.4) is 0 Å². The zero-order valence-electron chi connectivity index (χ0n) is 4.65. The first-order valence-electron chi connectivity index (χ1n) is 2.18. The third kappa shape index (κ3) is 4.50. The van der Waals surface area contributed by atoms with E-state index in [0.717, 1.165) is 0 Å². The fourth-order valence-corrected chi connectivity index (χ4v) is 1.64. The fourth-order valence-electron chi connectivity index (χ4n) is 0.316. The van der Waals surface area contributed by atoms with Crippen molar-refractivity contribution in [2.24, 2.45) is 0 Å². The predicted molar refractivity (Wildman–Crippen MR) is 29.9 cm³/mol. The minimum atomic E-state index is 0.292. The molecule has 0 unspecified atom stereocenters. The molecule has 0 fully saturated rings. The number of nitrogens with zero attached hydrogens (tertiary/aromatic N) is 1. The van der Waals surface area contributed by atoms with E-state index in [9.17, 15) is 0 Å². The summed E-state index contributed by atoms with van der Waals surface area (Å²) < 4.78 is 2.31. The normalized spacial score (nSPS) is 10.0. The minimum absolute atomic E-state index is 0.292. The third-order valence-electron chi connectivity index (χ3n) is 0.474. The van der Waals surface area contributed by atoms with Gasteiger partial charge in [0, 0.05) is 0 Å². The summed E-state index contributed by atoms with van der Waals surface area (Å²) in [6.45, 7) is 2.24. The predicted octanol–water partition coefficient (Wildman–Crippen LogP) is 0.605. The Morgan fingerprint density at radius 2 is 2.00 bits per heavy atom. The Hall–Kier alpha value is 0.503. The summed E-state index contributed by atoms with van der Waals surface area (Å²) in [4.78, 5) is 0. The van der Waals surface area contributed by atoms with Gasteiger partial charge in [0.05, 0.1) is 0 Å². The van der Waals surface area contributed by atoms with Crippen molar-refractivity contribution < 1.29 is 0 Å². The van der Waals surface area contributed by atoms with Gasteiger partial charge in [-0.3, -0.25) is 0 Å². The molecule has 36 valence electrons. The van der Waals surface area contributed by atoms with Crippen LogP contribution in [0.4, 0.5) is 0 Å². The molecule has 0 aromatic rings. The second kappa shape index (κ2) is 3.68. The van der Waals surface area contributed by atoms with Crippen molar-refractivity contribution in [3.05, 3.63) is 0 Å². The van der Waals surface area contributed by atoms with Gasteiger partial charge in [-0.2, -0.15) is 0 Å². The zero-order valence-corrected chi connectivity index (χ0v) is 6.75. The number of hydrogen-bond acceptors (Lipinski definition) is 1. The molecule has 1 nitrogen and oxygen atoms in total. The molecule has 2 heteroatoms. The maximum atomic E-state index is 2.31. The van der Waals surface area contributed by atoms with Crippen LogP contribution in [0.2, 0.25) is 5.25 Å². The summed E-state index contributed by atoms with van der Waals surface area (Å²) in [7, 11) is 4.28. The van der Waals surface area contributed by atoms with E-state index >= 15 is 0 Å². The van der Waals surface area contributed by atoms with Gasteiger partial charge >= 0.3 is 45.8 Å². The number of hydrogen-bond donors (Lipinski definition) is 0. The van der Waals surface area contributed by atoms with Crippen molar-refractivity contribution in [3.8, 4) is 0 Å². The van der Waals surface area contributed by atoms with Crippen LogP contribution in [0.25, 0.3) is 0 Å². The van der Waals surface area contributed by atoms with Crippen LogP contribution in [-0.4, -0.2) is 33.6 Å². The molecule has 0 rings (SSSR count). The summed E-state index contributed by atoms with van der Waals surface area (Å²) in [5.41, 5.74) is 0. The van der Waals surface area contributed by atoms with Crippen LogP contribution in [0.5, 0.6) is 0 Å². The van der Waals surface area contributed by atoms with E-state index in [1.807, 2.05) is 0 Å². The van der Waals surface area contributed by atoms with Gasteiger partial charge < -0.3 is 0 Å². The molecule has 0 aromatic carbocycles. The Bertz CT molecular complexity index is 28.7. The van der Waals surface area contributed by atoms with Crippen molar-refractivity contribution >= 4 is 15.7 Å². The second-order valence-electron chi connectivity index (χ2n) is 1.41. The average Bonchev–Trinajstić information content (AvgIpc) is 1.35. The van der Waals surface area contributed by atoms with Gasteiger partial charge in [0.1, 0.15) is 0 Å². The van der Waals surface area contributed by atoms with Crippen LogP contribution >= 0.6 is 0 Å². The molecule has 0 heterocycles. The van der Waals surface area contributed by atoms with E-state index in [0.29, 0.717) is 15.7 Å². The van der Waals surface area contributed by atoms with Crippen molar-refractivity contribution in [2.75, 3.05) is 14.1 Å². The van der Waals surface area contributed by atoms with Gasteiger partial charge in [-0.1, -0.05) is 0 Å². The van der Waals surface area contributed by atoms with Crippen LogP contribution in [0.15, 0.2) is 0 Å². The van der Waals surface area contributed by atoms with Crippen LogP contribution in [-0.2, 0) is 0 Å². The monoisotopic (exact) mass is 147 g/mol. The van der Waals surface area contributed by atoms with E-state index in [-0.39, 0.29) is 0 Å². The van der Waals surface area contributed by atoms with Crippen LogP contribution in [0, 0.1) is 0 Å². The van der Waals surface area contributed by atoms with Gasteiger partial charge in [0.25, 0.3) is 0 Å². The van der Waals surface area contributed by atoms with Crippen LogP contribution in [0.1, 0.15) is 6.92 Å². The quantitative estimate of drug-likeness (QED) is 0.515. The van der Waals surface area contributed by atoms with Gasteiger partial charge in [0.2, 0.25) is 0 Å². The van der Waals surface area contributed by atoms with Crippen LogP contribution < -0.4 is 0 Å². The molecular formula is C4H11GeN. The Morgan fingerprint density at radius 3 is 2.00 bits per heavy atom. The molecule has 0 amide bonds. The van der Waals surface area contributed by atoms with Crippen molar-refractivity contribution in [1.29, 1.82) is 0 Å². The molecule has 6 heavy (non-hydrogen) atoms. The first-order chi connectivity index (χ1) is 2.77. The molecule has 0 bridgehead atoms. The Kier molecular flexibility index (Phi) is 3.99. The first-order valence-corrected chi connectivity index (χ1v) is 4.60. The van der Waals surface area contributed by atoms with Crippen molar-refractivity contribution in [1.82, 2.24) is 3.86 Å². The average molecular weight is 146 g/mol. The van der Waals surface area contributed by atoms with Gasteiger partial charge in [0.15, 0.2) is 0 Å². The Labute approximate surface area is 46.4 Å². The van der Waals surface area contributed by atoms with E-state index < -0.39 is 0 Å². The van der Waals surface area contributed by atoms with Gasteiger partial charge in [-0.05, 0) is 0 Å². The first kappa shape index (κ1) is 6.50. The summed E-state index contributed by atoms with van der Waals surface area (Å²) >= 11 is 0.292. The SMILES string of the molecule is C[CH2][Ge][N](C)C.